The molecule has 92 valence electrons. The second kappa shape index (κ2) is 5.21. The monoisotopic (exact) mass is 295 g/mol. The molecule has 0 amide bonds. The molecule has 1 fully saturated rings. The van der Waals surface area contributed by atoms with Crippen molar-refractivity contribution in [2.45, 2.75) is 39.2 Å². The molecule has 0 spiro atoms. The number of carbonyl (C=O) groups is 1. The van der Waals surface area contributed by atoms with E-state index >= 15 is 0 Å². The molecule has 0 N–H and O–H groups in total. The van der Waals surface area contributed by atoms with E-state index in [4.69, 9.17) is 0 Å². The predicted octanol–water partition coefficient (Wildman–Crippen LogP) is 4.03. The zero-order valence-electron chi connectivity index (χ0n) is 10.4. The molecule has 17 heavy (non-hydrogen) atoms. The van der Waals surface area contributed by atoms with E-state index in [9.17, 15) is 4.79 Å². The summed E-state index contributed by atoms with van der Waals surface area (Å²) in [6.45, 7) is 4.85. The highest BCUT2D eigenvalue weighted by molar-refractivity contribution is 9.10. The average molecular weight is 296 g/mol. The molecule has 3 heteroatoms. The van der Waals surface area contributed by atoms with Gasteiger partial charge in [0.25, 0.3) is 0 Å². The van der Waals surface area contributed by atoms with Crippen LogP contribution in [0.15, 0.2) is 22.7 Å². The third-order valence-corrected chi connectivity index (χ3v) is 3.59. The normalized spacial score (nSPS) is 14.8. The van der Waals surface area contributed by atoms with E-state index < -0.39 is 0 Å². The first-order valence-electron chi connectivity index (χ1n) is 6.20. The molecule has 1 aromatic rings. The van der Waals surface area contributed by atoms with Crippen molar-refractivity contribution in [3.63, 3.8) is 0 Å². The Kier molecular flexibility index (Phi) is 3.87. The summed E-state index contributed by atoms with van der Waals surface area (Å²) in [5.41, 5.74) is 1.93. The molecule has 2 nitrogen and oxygen atoms in total. The smallest absolute Gasteiger partial charge is 0.161 e. The molecule has 1 aromatic carbocycles. The summed E-state index contributed by atoms with van der Waals surface area (Å²) in [5, 5.41) is 0. The second-order valence-electron chi connectivity index (χ2n) is 4.64. The maximum Gasteiger partial charge on any atom is 0.161 e. The Bertz CT molecular complexity index is 426. The van der Waals surface area contributed by atoms with Gasteiger partial charge in [-0.3, -0.25) is 4.79 Å². The molecule has 0 unspecified atom stereocenters. The summed E-state index contributed by atoms with van der Waals surface area (Å²) in [7, 11) is 0. The van der Waals surface area contributed by atoms with Gasteiger partial charge in [0.1, 0.15) is 0 Å². The number of hydrogen-bond acceptors (Lipinski definition) is 2. The molecule has 0 heterocycles. The first-order chi connectivity index (χ1) is 8.13. The van der Waals surface area contributed by atoms with Crippen LogP contribution in [0.25, 0.3) is 0 Å². The lowest BCUT2D eigenvalue weighted by Gasteiger charge is -2.26. The zero-order chi connectivity index (χ0) is 12.4. The molecular formula is C14H18BrNO. The van der Waals surface area contributed by atoms with Crippen LogP contribution in [0.1, 0.15) is 43.5 Å². The van der Waals surface area contributed by atoms with Gasteiger partial charge >= 0.3 is 0 Å². The minimum absolute atomic E-state index is 0.147. The van der Waals surface area contributed by atoms with Gasteiger partial charge in [-0.1, -0.05) is 22.9 Å². The fraction of sp³-hybridized carbons (Fsp3) is 0.500. The van der Waals surface area contributed by atoms with Gasteiger partial charge in [-0.15, -0.1) is 0 Å². The highest BCUT2D eigenvalue weighted by Crippen LogP contribution is 2.35. The molecule has 1 saturated carbocycles. The molecule has 2 rings (SSSR count). The molecule has 0 saturated heterocycles. The number of carbonyl (C=O) groups excluding carboxylic acids is 1. The number of Topliss-reactive ketones (excluding diaryl/α,β-unsaturated/α-hetero) is 1. The van der Waals surface area contributed by atoms with Crippen LogP contribution in [0.2, 0.25) is 0 Å². The predicted molar refractivity (Wildman–Crippen MR) is 74.8 cm³/mol. The summed E-state index contributed by atoms with van der Waals surface area (Å²) in [6.07, 6.45) is 3.62. The Morgan fingerprint density at radius 3 is 2.71 bits per heavy atom. The minimum Gasteiger partial charge on any atom is -0.368 e. The fourth-order valence-corrected chi connectivity index (χ4v) is 2.52. The summed E-state index contributed by atoms with van der Waals surface area (Å²) in [4.78, 5) is 14.1. The number of halogens is 1. The van der Waals surface area contributed by atoms with Crippen LogP contribution in [0.5, 0.6) is 0 Å². The van der Waals surface area contributed by atoms with Crippen LogP contribution in [-0.4, -0.2) is 18.4 Å². The van der Waals surface area contributed by atoms with Gasteiger partial charge in [-0.25, -0.2) is 0 Å². The van der Waals surface area contributed by atoms with Crippen molar-refractivity contribution < 1.29 is 4.79 Å². The van der Waals surface area contributed by atoms with E-state index in [1.807, 2.05) is 12.1 Å². The molecule has 0 aromatic heterocycles. The number of nitrogens with zero attached hydrogens (tertiary/aromatic N) is 1. The van der Waals surface area contributed by atoms with Crippen LogP contribution >= 0.6 is 15.9 Å². The lowest BCUT2D eigenvalue weighted by atomic mass is 10.1. The van der Waals surface area contributed by atoms with E-state index in [2.05, 4.69) is 33.8 Å². The maximum atomic E-state index is 11.7. The van der Waals surface area contributed by atoms with Gasteiger partial charge < -0.3 is 4.90 Å². The van der Waals surface area contributed by atoms with Crippen molar-refractivity contribution >= 4 is 27.4 Å². The van der Waals surface area contributed by atoms with Gasteiger partial charge in [0.05, 0.1) is 0 Å². The molecule has 1 aliphatic rings. The Morgan fingerprint density at radius 2 is 2.18 bits per heavy atom. The van der Waals surface area contributed by atoms with Crippen molar-refractivity contribution in [1.29, 1.82) is 0 Å². The highest BCUT2D eigenvalue weighted by Gasteiger charge is 2.30. The summed E-state index contributed by atoms with van der Waals surface area (Å²) in [6, 6.07) is 6.58. The third-order valence-electron chi connectivity index (χ3n) is 3.10. The van der Waals surface area contributed by atoms with E-state index in [-0.39, 0.29) is 5.78 Å². The van der Waals surface area contributed by atoms with E-state index in [1.54, 1.807) is 6.92 Å². The lowest BCUT2D eigenvalue weighted by Crippen LogP contribution is -2.28. The first-order valence-corrected chi connectivity index (χ1v) is 7.00. The standard InChI is InChI=1S/C14H18BrNO/c1-3-8-16(12-5-6-12)14-9-11(15)4-7-13(14)10(2)17/h4,7,9,12H,3,5-6,8H2,1-2H3. The summed E-state index contributed by atoms with van der Waals surface area (Å²) < 4.78 is 1.04. The largest absolute Gasteiger partial charge is 0.368 e. The minimum atomic E-state index is 0.147. The number of hydrogen-bond donors (Lipinski definition) is 0. The Balaban J connectivity index is 2.39. The highest BCUT2D eigenvalue weighted by atomic mass is 79.9. The van der Waals surface area contributed by atoms with E-state index in [0.29, 0.717) is 6.04 Å². The average Bonchev–Trinajstić information content (AvgIpc) is 3.09. The molecule has 1 aliphatic carbocycles. The van der Waals surface area contributed by atoms with Crippen LogP contribution in [0.3, 0.4) is 0 Å². The van der Waals surface area contributed by atoms with Gasteiger partial charge in [-0.05, 0) is 44.4 Å². The molecule has 0 bridgehead atoms. The van der Waals surface area contributed by atoms with Crippen molar-refractivity contribution in [3.8, 4) is 0 Å². The number of anilines is 1. The fourth-order valence-electron chi connectivity index (χ4n) is 2.17. The maximum absolute atomic E-state index is 11.7. The van der Waals surface area contributed by atoms with Crippen LogP contribution in [0, 0.1) is 0 Å². The van der Waals surface area contributed by atoms with Crippen LogP contribution < -0.4 is 4.90 Å². The topological polar surface area (TPSA) is 20.3 Å². The number of benzene rings is 1. The quantitative estimate of drug-likeness (QED) is 0.765. The molecule has 0 radical (unpaired) electrons. The van der Waals surface area contributed by atoms with E-state index in [1.165, 1.54) is 12.8 Å². The van der Waals surface area contributed by atoms with Crippen molar-refractivity contribution in [2.75, 3.05) is 11.4 Å². The zero-order valence-corrected chi connectivity index (χ0v) is 12.0. The Hall–Kier alpha value is -0.830. The van der Waals surface area contributed by atoms with Crippen LogP contribution in [0.4, 0.5) is 5.69 Å². The van der Waals surface area contributed by atoms with Gasteiger partial charge in [0.15, 0.2) is 5.78 Å². The van der Waals surface area contributed by atoms with Crippen molar-refractivity contribution in [3.05, 3.63) is 28.2 Å². The molecular weight excluding hydrogens is 278 g/mol. The van der Waals surface area contributed by atoms with Gasteiger partial charge in [-0.2, -0.15) is 0 Å². The van der Waals surface area contributed by atoms with Crippen molar-refractivity contribution in [1.82, 2.24) is 0 Å². The first kappa shape index (κ1) is 12.6. The number of ketones is 1. The Labute approximate surface area is 111 Å². The van der Waals surface area contributed by atoms with E-state index in [0.717, 1.165) is 28.7 Å². The lowest BCUT2D eigenvalue weighted by molar-refractivity contribution is 0.101. The summed E-state index contributed by atoms with van der Waals surface area (Å²) >= 11 is 3.50. The second-order valence-corrected chi connectivity index (χ2v) is 5.56. The number of rotatable bonds is 5. The Morgan fingerprint density at radius 1 is 1.47 bits per heavy atom. The third kappa shape index (κ3) is 2.89. The van der Waals surface area contributed by atoms with Crippen molar-refractivity contribution in [2.24, 2.45) is 0 Å². The molecule has 0 aliphatic heterocycles. The van der Waals surface area contributed by atoms with Gasteiger partial charge in [0.2, 0.25) is 0 Å². The molecule has 0 atom stereocenters. The SMILES string of the molecule is CCCN(c1cc(Br)ccc1C(C)=O)C1CC1. The van der Waals surface area contributed by atoms with Gasteiger partial charge in [0, 0.05) is 28.3 Å². The van der Waals surface area contributed by atoms with Crippen LogP contribution in [-0.2, 0) is 0 Å². The summed E-state index contributed by atoms with van der Waals surface area (Å²) in [5.74, 6) is 0.147.